The van der Waals surface area contributed by atoms with Crippen LogP contribution in [0.2, 0.25) is 0 Å². The van der Waals surface area contributed by atoms with Crippen LogP contribution in [0.1, 0.15) is 25.3 Å². The molecule has 1 aliphatic rings. The molecule has 112 valence electrons. The van der Waals surface area contributed by atoms with Gasteiger partial charge >= 0.3 is 0 Å². The van der Waals surface area contributed by atoms with Crippen LogP contribution in [0, 0.1) is 0 Å². The van der Waals surface area contributed by atoms with E-state index in [2.05, 4.69) is 24.4 Å². The molecule has 1 heterocycles. The van der Waals surface area contributed by atoms with Gasteiger partial charge in [-0.1, -0.05) is 13.0 Å². The molecule has 0 saturated carbocycles. The highest BCUT2D eigenvalue weighted by Gasteiger charge is 2.10. The van der Waals surface area contributed by atoms with Crippen LogP contribution in [0.15, 0.2) is 18.2 Å². The average molecular weight is 279 g/mol. The molecular formula is C16H25NO3. The number of ether oxygens (including phenoxy) is 3. The normalized spacial score (nSPS) is 14.1. The molecule has 1 aromatic rings. The van der Waals surface area contributed by atoms with Crippen molar-refractivity contribution in [3.05, 3.63) is 23.8 Å². The van der Waals surface area contributed by atoms with E-state index in [4.69, 9.17) is 14.2 Å². The van der Waals surface area contributed by atoms with Crippen LogP contribution in [-0.2, 0) is 11.2 Å². The van der Waals surface area contributed by atoms with E-state index in [0.717, 1.165) is 70.3 Å². The first kappa shape index (κ1) is 15.1. The van der Waals surface area contributed by atoms with Gasteiger partial charge in [0.25, 0.3) is 0 Å². The van der Waals surface area contributed by atoms with Crippen molar-refractivity contribution in [3.8, 4) is 11.5 Å². The lowest BCUT2D eigenvalue weighted by atomic mass is 10.1. The van der Waals surface area contributed by atoms with Gasteiger partial charge in [0.05, 0.1) is 26.4 Å². The third-order valence-corrected chi connectivity index (χ3v) is 3.20. The van der Waals surface area contributed by atoms with Crippen LogP contribution in [-0.4, -0.2) is 39.5 Å². The van der Waals surface area contributed by atoms with Gasteiger partial charge < -0.3 is 19.5 Å². The molecular weight excluding hydrogens is 254 g/mol. The zero-order valence-electron chi connectivity index (χ0n) is 12.3. The Kier molecular flexibility index (Phi) is 6.68. The van der Waals surface area contributed by atoms with E-state index in [9.17, 15) is 0 Å². The molecule has 0 atom stereocenters. The number of nitrogens with one attached hydrogen (secondary N) is 1. The Morgan fingerprint density at radius 3 is 2.80 bits per heavy atom. The fourth-order valence-corrected chi connectivity index (χ4v) is 2.10. The lowest BCUT2D eigenvalue weighted by Crippen LogP contribution is -2.20. The topological polar surface area (TPSA) is 39.7 Å². The molecule has 0 aliphatic carbocycles. The van der Waals surface area contributed by atoms with Gasteiger partial charge in [-0.15, -0.1) is 0 Å². The summed E-state index contributed by atoms with van der Waals surface area (Å²) in [4.78, 5) is 0. The minimum Gasteiger partial charge on any atom is -0.490 e. The lowest BCUT2D eigenvalue weighted by molar-refractivity contribution is 0.139. The molecule has 1 aromatic carbocycles. The molecule has 0 bridgehead atoms. The Labute approximate surface area is 121 Å². The van der Waals surface area contributed by atoms with Crippen molar-refractivity contribution in [2.24, 2.45) is 0 Å². The Morgan fingerprint density at radius 1 is 1.10 bits per heavy atom. The fraction of sp³-hybridized carbons (Fsp3) is 0.625. The van der Waals surface area contributed by atoms with Gasteiger partial charge in [0.2, 0.25) is 0 Å². The molecule has 2 rings (SSSR count). The smallest absolute Gasteiger partial charge is 0.161 e. The van der Waals surface area contributed by atoms with Gasteiger partial charge in [0.15, 0.2) is 11.5 Å². The molecule has 0 radical (unpaired) electrons. The summed E-state index contributed by atoms with van der Waals surface area (Å²) >= 11 is 0. The SMILES string of the molecule is CCCNCCOCCc1ccc2c(c1)OCCCO2. The second kappa shape index (κ2) is 8.82. The number of fused-ring (bicyclic) bond motifs is 1. The molecule has 0 amide bonds. The minimum absolute atomic E-state index is 0.732. The Hall–Kier alpha value is -1.26. The number of hydrogen-bond donors (Lipinski definition) is 1. The summed E-state index contributed by atoms with van der Waals surface area (Å²) in [5.74, 6) is 1.72. The van der Waals surface area contributed by atoms with E-state index in [1.54, 1.807) is 0 Å². The predicted octanol–water partition coefficient (Wildman–Crippen LogP) is 2.41. The highest BCUT2D eigenvalue weighted by molar-refractivity contribution is 5.43. The highest BCUT2D eigenvalue weighted by atomic mass is 16.5. The summed E-state index contributed by atoms with van der Waals surface area (Å²) in [7, 11) is 0. The third kappa shape index (κ3) is 5.02. The van der Waals surface area contributed by atoms with E-state index in [1.165, 1.54) is 5.56 Å². The summed E-state index contributed by atoms with van der Waals surface area (Å²) in [6, 6.07) is 6.16. The van der Waals surface area contributed by atoms with Gasteiger partial charge in [0.1, 0.15) is 0 Å². The van der Waals surface area contributed by atoms with Crippen LogP contribution in [0.25, 0.3) is 0 Å². The van der Waals surface area contributed by atoms with Crippen molar-refractivity contribution in [2.45, 2.75) is 26.2 Å². The van der Waals surface area contributed by atoms with Gasteiger partial charge in [-0.25, -0.2) is 0 Å². The standard InChI is InChI=1S/C16H25NO3/c1-2-7-17-8-12-18-11-6-14-4-5-15-16(13-14)20-10-3-9-19-15/h4-5,13,17H,2-3,6-12H2,1H3. The van der Waals surface area contributed by atoms with Crippen molar-refractivity contribution < 1.29 is 14.2 Å². The molecule has 0 saturated heterocycles. The number of rotatable bonds is 8. The zero-order chi connectivity index (χ0) is 14.0. The predicted molar refractivity (Wildman–Crippen MR) is 79.7 cm³/mol. The quantitative estimate of drug-likeness (QED) is 0.742. The van der Waals surface area contributed by atoms with Crippen LogP contribution < -0.4 is 14.8 Å². The van der Waals surface area contributed by atoms with E-state index in [1.807, 2.05) is 6.07 Å². The second-order valence-electron chi connectivity index (χ2n) is 4.94. The Balaban J connectivity index is 1.69. The van der Waals surface area contributed by atoms with Crippen molar-refractivity contribution in [3.63, 3.8) is 0 Å². The van der Waals surface area contributed by atoms with Crippen molar-refractivity contribution >= 4 is 0 Å². The molecule has 4 nitrogen and oxygen atoms in total. The van der Waals surface area contributed by atoms with Crippen LogP contribution in [0.5, 0.6) is 11.5 Å². The van der Waals surface area contributed by atoms with Crippen LogP contribution in [0.3, 0.4) is 0 Å². The van der Waals surface area contributed by atoms with Gasteiger partial charge in [-0.05, 0) is 37.1 Å². The fourth-order valence-electron chi connectivity index (χ4n) is 2.10. The maximum absolute atomic E-state index is 5.69. The zero-order valence-corrected chi connectivity index (χ0v) is 12.3. The average Bonchev–Trinajstić information content (AvgIpc) is 2.71. The molecule has 1 N–H and O–H groups in total. The van der Waals surface area contributed by atoms with Crippen molar-refractivity contribution in [1.29, 1.82) is 0 Å². The summed E-state index contributed by atoms with van der Waals surface area (Å²) < 4.78 is 16.9. The first-order valence-electron chi connectivity index (χ1n) is 7.57. The van der Waals surface area contributed by atoms with Crippen molar-refractivity contribution in [2.75, 3.05) is 39.5 Å². The molecule has 0 unspecified atom stereocenters. The van der Waals surface area contributed by atoms with Gasteiger partial charge in [0, 0.05) is 13.0 Å². The summed E-state index contributed by atoms with van der Waals surface area (Å²) in [6.45, 7) is 7.13. The monoisotopic (exact) mass is 279 g/mol. The molecule has 0 aromatic heterocycles. The number of benzene rings is 1. The van der Waals surface area contributed by atoms with Crippen LogP contribution in [0.4, 0.5) is 0 Å². The summed E-state index contributed by atoms with van der Waals surface area (Å²) in [5, 5.41) is 3.32. The molecule has 0 spiro atoms. The molecule has 1 aliphatic heterocycles. The highest BCUT2D eigenvalue weighted by Crippen LogP contribution is 2.30. The molecule has 4 heteroatoms. The Morgan fingerprint density at radius 2 is 1.95 bits per heavy atom. The van der Waals surface area contributed by atoms with E-state index in [0.29, 0.717) is 0 Å². The second-order valence-corrected chi connectivity index (χ2v) is 4.94. The first-order valence-corrected chi connectivity index (χ1v) is 7.57. The van der Waals surface area contributed by atoms with Crippen LogP contribution >= 0.6 is 0 Å². The minimum atomic E-state index is 0.732. The molecule has 20 heavy (non-hydrogen) atoms. The Bertz CT molecular complexity index is 395. The maximum atomic E-state index is 5.69. The number of hydrogen-bond acceptors (Lipinski definition) is 4. The lowest BCUT2D eigenvalue weighted by Gasteiger charge is -2.10. The largest absolute Gasteiger partial charge is 0.490 e. The van der Waals surface area contributed by atoms with E-state index in [-0.39, 0.29) is 0 Å². The maximum Gasteiger partial charge on any atom is 0.161 e. The van der Waals surface area contributed by atoms with E-state index < -0.39 is 0 Å². The molecule has 0 fully saturated rings. The van der Waals surface area contributed by atoms with Gasteiger partial charge in [-0.2, -0.15) is 0 Å². The van der Waals surface area contributed by atoms with E-state index >= 15 is 0 Å². The van der Waals surface area contributed by atoms with Gasteiger partial charge in [-0.3, -0.25) is 0 Å². The third-order valence-electron chi connectivity index (χ3n) is 3.20. The summed E-state index contributed by atoms with van der Waals surface area (Å²) in [6.07, 6.45) is 3.01. The summed E-state index contributed by atoms with van der Waals surface area (Å²) in [5.41, 5.74) is 1.23. The first-order chi connectivity index (χ1) is 9.90. The van der Waals surface area contributed by atoms with Crippen molar-refractivity contribution in [1.82, 2.24) is 5.32 Å².